The van der Waals surface area contributed by atoms with Crippen LogP contribution in [0.3, 0.4) is 0 Å². The molecule has 0 N–H and O–H groups in total. The van der Waals surface area contributed by atoms with E-state index in [1.165, 1.54) is 11.3 Å². The summed E-state index contributed by atoms with van der Waals surface area (Å²) < 4.78 is 29.3. The Morgan fingerprint density at radius 2 is 1.92 bits per heavy atom. The molecule has 0 amide bonds. The van der Waals surface area contributed by atoms with Crippen LogP contribution in [-0.2, 0) is 0 Å². The fourth-order valence-corrected chi connectivity index (χ4v) is 4.84. The Morgan fingerprint density at radius 1 is 1.08 bits per heavy atom. The Balaban J connectivity index is 2.08. The molecule has 0 fully saturated rings. The van der Waals surface area contributed by atoms with Crippen LogP contribution in [0.15, 0.2) is 47.0 Å². The first kappa shape index (κ1) is 12.8. The molecular weight excluding hydrogens is 324 g/mol. The van der Waals surface area contributed by atoms with Crippen molar-refractivity contribution in [1.82, 2.24) is 9.97 Å². The summed E-state index contributed by atoms with van der Waals surface area (Å²) in [6.45, 7) is 6.66. The van der Waals surface area contributed by atoms with Gasteiger partial charge < -0.3 is 4.42 Å². The molecule has 0 aliphatic rings. The Morgan fingerprint density at radius 3 is 2.68 bits per heavy atom. The highest BCUT2D eigenvalue weighted by atomic mass is 28.3. The van der Waals surface area contributed by atoms with Crippen molar-refractivity contribution in [1.29, 1.82) is 0 Å². The Kier molecular flexibility index (Phi) is 2.84. The van der Waals surface area contributed by atoms with Crippen LogP contribution in [0.1, 0.15) is 15.4 Å². The lowest BCUT2D eigenvalue weighted by molar-refractivity contribution is 0.653. The summed E-state index contributed by atoms with van der Waals surface area (Å²) in [6, 6.07) is 11.4. The number of hydrogen-bond acceptors (Lipinski definition) is 3. The molecule has 0 saturated carbocycles. The Hall–Kier alpha value is -2.46. The molecule has 0 atom stereocenters. The predicted octanol–water partition coefficient (Wildman–Crippen LogP) is 5.21. The predicted molar refractivity (Wildman–Crippen MR) is 107 cm³/mol. The van der Waals surface area contributed by atoms with E-state index in [-0.39, 0.29) is 5.56 Å². The van der Waals surface area contributed by atoms with Crippen LogP contribution >= 0.6 is 0 Å². The number of hydrogen-bond donors (Lipinski definition) is 0. The van der Waals surface area contributed by atoms with Crippen LogP contribution in [0.2, 0.25) is 19.6 Å². The molecular formula is C21H22N2OSi. The lowest BCUT2D eigenvalue weighted by Crippen LogP contribution is -2.37. The lowest BCUT2D eigenvalue weighted by Gasteiger charge is -2.18. The molecule has 3 heterocycles. The molecule has 3 nitrogen and oxygen atoms in total. The SMILES string of the molecule is [2H]C([2H])([2H])c1ccnc(-c2ccc([Si](C)(C)C)c3c2oc2nc(C)ccc23)c1. The highest BCUT2D eigenvalue weighted by molar-refractivity contribution is 6.90. The topological polar surface area (TPSA) is 38.9 Å². The minimum atomic E-state index is -2.18. The smallest absolute Gasteiger partial charge is 0.227 e. The maximum atomic E-state index is 7.70. The number of aryl methyl sites for hydroxylation is 2. The molecule has 4 heteroatoms. The zero-order chi connectivity index (χ0) is 20.3. The largest absolute Gasteiger partial charge is 0.437 e. The van der Waals surface area contributed by atoms with Crippen LogP contribution < -0.4 is 5.19 Å². The van der Waals surface area contributed by atoms with Crippen molar-refractivity contribution in [2.24, 2.45) is 0 Å². The average Bonchev–Trinajstić information content (AvgIpc) is 2.97. The second-order valence-electron chi connectivity index (χ2n) is 7.45. The third kappa shape index (κ3) is 2.67. The molecule has 0 saturated heterocycles. The average molecular weight is 350 g/mol. The van der Waals surface area contributed by atoms with Crippen LogP contribution in [0.4, 0.5) is 0 Å². The van der Waals surface area contributed by atoms with Crippen molar-refractivity contribution in [3.63, 3.8) is 0 Å². The van der Waals surface area contributed by atoms with Crippen molar-refractivity contribution in [2.75, 3.05) is 0 Å². The van der Waals surface area contributed by atoms with E-state index in [1.807, 2.05) is 19.1 Å². The number of nitrogens with zero attached hydrogens (tertiary/aromatic N) is 2. The second kappa shape index (κ2) is 5.53. The van der Waals surface area contributed by atoms with E-state index >= 15 is 0 Å². The number of rotatable bonds is 2. The Labute approximate surface area is 153 Å². The van der Waals surface area contributed by atoms with Gasteiger partial charge in [0, 0.05) is 32.3 Å². The summed E-state index contributed by atoms with van der Waals surface area (Å²) in [5.74, 6) is 0. The molecule has 0 unspecified atom stereocenters. The minimum absolute atomic E-state index is 0.269. The fraction of sp³-hybridized carbons (Fsp3) is 0.238. The summed E-state index contributed by atoms with van der Waals surface area (Å²) in [7, 11) is -1.66. The maximum Gasteiger partial charge on any atom is 0.227 e. The molecule has 126 valence electrons. The van der Waals surface area contributed by atoms with Gasteiger partial charge in [-0.1, -0.05) is 25.7 Å². The monoisotopic (exact) mass is 349 g/mol. The number of furan rings is 1. The summed E-state index contributed by atoms with van der Waals surface area (Å²) in [5, 5.41) is 3.36. The van der Waals surface area contributed by atoms with E-state index in [9.17, 15) is 0 Å². The van der Waals surface area contributed by atoms with Crippen LogP contribution in [0.25, 0.3) is 33.3 Å². The first-order valence-corrected chi connectivity index (χ1v) is 11.9. The summed E-state index contributed by atoms with van der Waals surface area (Å²) in [5.41, 5.74) is 3.88. The molecule has 4 rings (SSSR count). The highest BCUT2D eigenvalue weighted by Crippen LogP contribution is 2.34. The third-order valence-electron chi connectivity index (χ3n) is 4.47. The molecule has 0 aliphatic heterocycles. The first-order valence-electron chi connectivity index (χ1n) is 9.86. The van der Waals surface area contributed by atoms with Crippen molar-refractivity contribution >= 4 is 35.3 Å². The normalized spacial score (nSPS) is 14.5. The van der Waals surface area contributed by atoms with Crippen molar-refractivity contribution in [3.05, 3.63) is 53.9 Å². The van der Waals surface area contributed by atoms with Gasteiger partial charge in [-0.3, -0.25) is 4.98 Å². The van der Waals surface area contributed by atoms with E-state index < -0.39 is 14.9 Å². The molecule has 1 aromatic carbocycles. The molecule has 3 aromatic heterocycles. The number of aromatic nitrogens is 2. The van der Waals surface area contributed by atoms with Gasteiger partial charge in [-0.15, -0.1) is 0 Å². The van der Waals surface area contributed by atoms with E-state index in [0.717, 1.165) is 27.6 Å². The van der Waals surface area contributed by atoms with Gasteiger partial charge in [-0.05, 0) is 54.9 Å². The fourth-order valence-electron chi connectivity index (χ4n) is 3.26. The van der Waals surface area contributed by atoms with Crippen LogP contribution in [0, 0.1) is 13.8 Å². The van der Waals surface area contributed by atoms with Gasteiger partial charge in [-0.2, -0.15) is 0 Å². The number of pyridine rings is 2. The molecule has 25 heavy (non-hydrogen) atoms. The molecule has 0 aliphatic carbocycles. The van der Waals surface area contributed by atoms with E-state index in [2.05, 4.69) is 41.7 Å². The van der Waals surface area contributed by atoms with Crippen molar-refractivity contribution in [3.8, 4) is 11.3 Å². The van der Waals surface area contributed by atoms with Gasteiger partial charge in [-0.25, -0.2) is 4.98 Å². The van der Waals surface area contributed by atoms with Crippen molar-refractivity contribution < 1.29 is 8.53 Å². The van der Waals surface area contributed by atoms with Gasteiger partial charge in [0.1, 0.15) is 5.58 Å². The molecule has 0 bridgehead atoms. The summed E-state index contributed by atoms with van der Waals surface area (Å²) in [6.07, 6.45) is 1.54. The van der Waals surface area contributed by atoms with Gasteiger partial charge in [0.05, 0.1) is 13.8 Å². The van der Waals surface area contributed by atoms with Crippen LogP contribution in [0.5, 0.6) is 0 Å². The van der Waals surface area contributed by atoms with Crippen LogP contribution in [-0.4, -0.2) is 18.0 Å². The van der Waals surface area contributed by atoms with Gasteiger partial charge in [0.25, 0.3) is 0 Å². The zero-order valence-electron chi connectivity index (χ0n) is 17.8. The van der Waals surface area contributed by atoms with Crippen molar-refractivity contribution in [2.45, 2.75) is 33.4 Å². The molecule has 4 aromatic rings. The molecule has 0 radical (unpaired) electrons. The quantitative estimate of drug-likeness (QED) is 0.467. The summed E-state index contributed by atoms with van der Waals surface area (Å²) >= 11 is 0. The minimum Gasteiger partial charge on any atom is -0.437 e. The number of fused-ring (bicyclic) bond motifs is 3. The van der Waals surface area contributed by atoms with E-state index in [4.69, 9.17) is 8.53 Å². The standard InChI is InChI=1S/C21H22N2OSi/c1-13-10-11-22-17(12-13)15-8-9-18(25(3,4)5)19-16-7-6-14(2)23-21(16)24-20(15)19/h6-12H,1-5H3/i1D3. The van der Waals surface area contributed by atoms with Gasteiger partial charge in [0.15, 0.2) is 0 Å². The van der Waals surface area contributed by atoms with Gasteiger partial charge >= 0.3 is 0 Å². The lowest BCUT2D eigenvalue weighted by atomic mass is 10.1. The summed E-state index contributed by atoms with van der Waals surface area (Å²) in [4.78, 5) is 9.00. The zero-order valence-corrected chi connectivity index (χ0v) is 15.8. The Bertz CT molecular complexity index is 1210. The highest BCUT2D eigenvalue weighted by Gasteiger charge is 2.25. The second-order valence-corrected chi connectivity index (χ2v) is 12.5. The first-order chi connectivity index (χ1) is 13.1. The van der Waals surface area contributed by atoms with Gasteiger partial charge in [0.2, 0.25) is 5.71 Å². The molecule has 0 spiro atoms. The maximum absolute atomic E-state index is 7.70. The van der Waals surface area contributed by atoms with E-state index in [1.54, 1.807) is 12.3 Å². The third-order valence-corrected chi connectivity index (χ3v) is 6.50. The van der Waals surface area contributed by atoms with E-state index in [0.29, 0.717) is 11.4 Å². The number of benzene rings is 1.